The predicted molar refractivity (Wildman–Crippen MR) is 133 cm³/mol. The first-order valence-corrected chi connectivity index (χ1v) is 12.5. The zero-order valence-corrected chi connectivity index (χ0v) is 20.2. The Balaban J connectivity index is 1.23. The molecule has 184 valence electrons. The van der Waals surface area contributed by atoms with E-state index in [-0.39, 0.29) is 18.0 Å². The topological polar surface area (TPSA) is 90.7 Å². The number of rotatable bonds is 9. The summed E-state index contributed by atoms with van der Waals surface area (Å²) in [4.78, 5) is 33.9. The van der Waals surface area contributed by atoms with Crippen molar-refractivity contribution in [1.29, 1.82) is 0 Å². The Kier molecular flexibility index (Phi) is 8.00. The van der Waals surface area contributed by atoms with Crippen molar-refractivity contribution in [2.24, 2.45) is 0 Å². The normalized spacial score (nSPS) is 20.4. The Morgan fingerprint density at radius 3 is 2.65 bits per heavy atom. The number of aryl methyl sites for hydroxylation is 1. The molecule has 1 amide bonds. The molecule has 1 unspecified atom stereocenters. The second kappa shape index (κ2) is 11.1. The molecule has 4 rings (SSSR count). The molecule has 1 aromatic carbocycles. The van der Waals surface area contributed by atoms with Crippen molar-refractivity contribution in [3.63, 3.8) is 0 Å². The third-order valence-corrected chi connectivity index (χ3v) is 7.26. The highest BCUT2D eigenvalue weighted by Gasteiger charge is 2.34. The minimum atomic E-state index is -1.01. The first kappa shape index (κ1) is 24.4. The van der Waals surface area contributed by atoms with Gasteiger partial charge in [-0.25, -0.2) is 4.98 Å². The highest BCUT2D eigenvalue weighted by molar-refractivity contribution is 5.76. The van der Waals surface area contributed by atoms with Gasteiger partial charge in [-0.05, 0) is 51.1 Å². The van der Waals surface area contributed by atoms with E-state index < -0.39 is 5.60 Å². The molecule has 1 atom stereocenters. The number of likely N-dealkylation sites (tertiary alicyclic amines) is 2. The fourth-order valence-corrected chi connectivity index (χ4v) is 5.00. The first-order chi connectivity index (χ1) is 16.4. The molecule has 8 heteroatoms. The summed E-state index contributed by atoms with van der Waals surface area (Å²) >= 11 is 0. The van der Waals surface area contributed by atoms with Crippen molar-refractivity contribution in [3.8, 4) is 0 Å². The molecular formula is C26H37N5O3. The van der Waals surface area contributed by atoms with Crippen LogP contribution < -0.4 is 10.9 Å². The Labute approximate surface area is 201 Å². The molecule has 0 bridgehead atoms. The highest BCUT2D eigenvalue weighted by atomic mass is 16.3. The van der Waals surface area contributed by atoms with Crippen molar-refractivity contribution in [3.05, 3.63) is 58.6 Å². The van der Waals surface area contributed by atoms with Crippen LogP contribution in [0.15, 0.2) is 47.5 Å². The van der Waals surface area contributed by atoms with E-state index in [9.17, 15) is 14.7 Å². The van der Waals surface area contributed by atoms with Gasteiger partial charge in [0.25, 0.3) is 5.56 Å². The summed E-state index contributed by atoms with van der Waals surface area (Å²) in [5.74, 6) is 0.683. The number of nitrogens with zero attached hydrogens (tertiary/aromatic N) is 4. The number of benzene rings is 1. The molecule has 0 saturated carbocycles. The molecule has 2 aliphatic heterocycles. The zero-order valence-electron chi connectivity index (χ0n) is 20.2. The van der Waals surface area contributed by atoms with Gasteiger partial charge in [-0.3, -0.25) is 19.1 Å². The van der Waals surface area contributed by atoms with E-state index in [2.05, 4.69) is 22.1 Å². The average molecular weight is 468 g/mol. The van der Waals surface area contributed by atoms with E-state index in [0.29, 0.717) is 44.2 Å². The van der Waals surface area contributed by atoms with Gasteiger partial charge in [0.1, 0.15) is 5.82 Å². The van der Waals surface area contributed by atoms with Gasteiger partial charge in [-0.15, -0.1) is 0 Å². The van der Waals surface area contributed by atoms with Crippen molar-refractivity contribution >= 4 is 11.7 Å². The summed E-state index contributed by atoms with van der Waals surface area (Å²) in [7, 11) is 0. The number of carbonyl (C=O) groups is 1. The summed E-state index contributed by atoms with van der Waals surface area (Å²) < 4.78 is 1.47. The van der Waals surface area contributed by atoms with Gasteiger partial charge >= 0.3 is 0 Å². The number of anilines is 1. The maximum Gasteiger partial charge on any atom is 0.255 e. The van der Waals surface area contributed by atoms with Crippen LogP contribution in [-0.4, -0.2) is 74.7 Å². The average Bonchev–Trinajstić information content (AvgIpc) is 3.25. The molecule has 2 aromatic rings. The molecule has 3 heterocycles. The minimum Gasteiger partial charge on any atom is -0.388 e. The fourth-order valence-electron chi connectivity index (χ4n) is 5.00. The third-order valence-electron chi connectivity index (χ3n) is 7.26. The first-order valence-electron chi connectivity index (χ1n) is 12.5. The molecule has 8 nitrogen and oxygen atoms in total. The van der Waals surface area contributed by atoms with Crippen LogP contribution in [0.2, 0.25) is 0 Å². The Hall–Kier alpha value is -2.71. The molecule has 1 aromatic heterocycles. The monoisotopic (exact) mass is 467 g/mol. The van der Waals surface area contributed by atoms with Gasteiger partial charge in [0, 0.05) is 44.7 Å². The second-order valence-corrected chi connectivity index (χ2v) is 9.79. The summed E-state index contributed by atoms with van der Waals surface area (Å²) in [6, 6.07) is 12.1. The Morgan fingerprint density at radius 2 is 1.97 bits per heavy atom. The SMILES string of the molecule is CC1CCCN1CCNc1cc(=O)n(CC2(O)CCN(C(=O)CCc3ccccc3)CC2)cn1. The van der Waals surface area contributed by atoms with E-state index in [0.717, 1.165) is 31.6 Å². The van der Waals surface area contributed by atoms with Gasteiger partial charge in [0.15, 0.2) is 0 Å². The molecule has 0 radical (unpaired) electrons. The number of hydrogen-bond acceptors (Lipinski definition) is 6. The lowest BCUT2D eigenvalue weighted by atomic mass is 9.91. The van der Waals surface area contributed by atoms with Crippen LogP contribution in [0.4, 0.5) is 5.82 Å². The maximum atomic E-state index is 12.6. The molecule has 2 N–H and O–H groups in total. The second-order valence-electron chi connectivity index (χ2n) is 9.79. The molecule has 0 aliphatic carbocycles. The van der Waals surface area contributed by atoms with E-state index in [1.807, 2.05) is 35.2 Å². The quantitative estimate of drug-likeness (QED) is 0.587. The van der Waals surface area contributed by atoms with E-state index in [1.54, 1.807) is 0 Å². The Morgan fingerprint density at radius 1 is 1.21 bits per heavy atom. The van der Waals surface area contributed by atoms with Crippen LogP contribution in [0.5, 0.6) is 0 Å². The number of aromatic nitrogens is 2. The van der Waals surface area contributed by atoms with Gasteiger partial charge in [-0.2, -0.15) is 0 Å². The number of piperidine rings is 1. The smallest absolute Gasteiger partial charge is 0.255 e. The predicted octanol–water partition coefficient (Wildman–Crippen LogP) is 2.13. The number of nitrogens with one attached hydrogen (secondary N) is 1. The van der Waals surface area contributed by atoms with Crippen LogP contribution in [0.1, 0.15) is 44.6 Å². The highest BCUT2D eigenvalue weighted by Crippen LogP contribution is 2.24. The lowest BCUT2D eigenvalue weighted by molar-refractivity contribution is -0.135. The summed E-state index contributed by atoms with van der Waals surface area (Å²) in [6.45, 7) is 6.26. The van der Waals surface area contributed by atoms with Crippen molar-refractivity contribution in [2.75, 3.05) is 38.0 Å². The standard InChI is InChI=1S/C26H37N5O3/c1-21-6-5-14-29(21)17-13-27-23-18-25(33)31(20-28-23)19-26(34)11-15-30(16-12-26)24(32)10-9-22-7-3-2-4-8-22/h2-4,7-8,18,20-21,27,34H,5-6,9-17,19H2,1H3. The van der Waals surface area contributed by atoms with Gasteiger partial charge in [-0.1, -0.05) is 30.3 Å². The van der Waals surface area contributed by atoms with Crippen molar-refractivity contribution in [1.82, 2.24) is 19.4 Å². The third kappa shape index (κ3) is 6.45. The van der Waals surface area contributed by atoms with Crippen LogP contribution in [-0.2, 0) is 17.8 Å². The summed E-state index contributed by atoms with van der Waals surface area (Å²) in [5, 5.41) is 14.3. The minimum absolute atomic E-state index is 0.114. The molecule has 34 heavy (non-hydrogen) atoms. The zero-order chi connectivity index (χ0) is 24.0. The van der Waals surface area contributed by atoms with Crippen molar-refractivity contribution < 1.29 is 9.90 Å². The number of hydrogen-bond donors (Lipinski definition) is 2. The summed E-state index contributed by atoms with van der Waals surface area (Å²) in [5.41, 5.74) is -0.0376. The van der Waals surface area contributed by atoms with Crippen LogP contribution >= 0.6 is 0 Å². The van der Waals surface area contributed by atoms with Gasteiger partial charge in [0.2, 0.25) is 5.91 Å². The molecule has 2 aliphatic rings. The largest absolute Gasteiger partial charge is 0.388 e. The fraction of sp³-hybridized carbons (Fsp3) is 0.577. The molecule has 0 spiro atoms. The number of carbonyl (C=O) groups excluding carboxylic acids is 1. The molecular weight excluding hydrogens is 430 g/mol. The number of aliphatic hydroxyl groups is 1. The number of amides is 1. The maximum absolute atomic E-state index is 12.6. The van der Waals surface area contributed by atoms with E-state index in [1.165, 1.54) is 29.8 Å². The van der Waals surface area contributed by atoms with Crippen LogP contribution in [0.3, 0.4) is 0 Å². The molecule has 2 fully saturated rings. The lowest BCUT2D eigenvalue weighted by Crippen LogP contribution is -2.49. The van der Waals surface area contributed by atoms with E-state index in [4.69, 9.17) is 0 Å². The van der Waals surface area contributed by atoms with Crippen LogP contribution in [0, 0.1) is 0 Å². The van der Waals surface area contributed by atoms with E-state index >= 15 is 0 Å². The summed E-state index contributed by atoms with van der Waals surface area (Å²) in [6.07, 6.45) is 6.10. The van der Waals surface area contributed by atoms with Crippen molar-refractivity contribution in [2.45, 2.75) is 63.6 Å². The molecule has 2 saturated heterocycles. The lowest BCUT2D eigenvalue weighted by Gasteiger charge is -2.38. The van der Waals surface area contributed by atoms with Gasteiger partial charge < -0.3 is 15.3 Å². The van der Waals surface area contributed by atoms with Crippen LogP contribution in [0.25, 0.3) is 0 Å². The Bertz CT molecular complexity index is 1000. The van der Waals surface area contributed by atoms with Gasteiger partial charge in [0.05, 0.1) is 18.5 Å².